The number of benzene rings is 1. The van der Waals surface area contributed by atoms with Gasteiger partial charge in [0.1, 0.15) is 6.61 Å². The predicted octanol–water partition coefficient (Wildman–Crippen LogP) is 3.51. The Kier molecular flexibility index (Phi) is 6.39. The van der Waals surface area contributed by atoms with Gasteiger partial charge in [0.2, 0.25) is 0 Å². The zero-order valence-corrected chi connectivity index (χ0v) is 17.9. The van der Waals surface area contributed by atoms with Gasteiger partial charge >= 0.3 is 6.09 Å². The summed E-state index contributed by atoms with van der Waals surface area (Å²) in [5.41, 5.74) is 2.04. The highest BCUT2D eigenvalue weighted by Gasteiger charge is 2.44. The van der Waals surface area contributed by atoms with Gasteiger partial charge in [0.25, 0.3) is 0 Å². The van der Waals surface area contributed by atoms with Gasteiger partial charge in [-0.05, 0) is 38.8 Å². The molecule has 0 radical (unpaired) electrons. The molecule has 7 nitrogen and oxygen atoms in total. The first-order valence-electron chi connectivity index (χ1n) is 10.9. The van der Waals surface area contributed by atoms with Crippen LogP contribution in [0.5, 0.6) is 0 Å². The molecular formula is C23H32N4O3. The second-order valence-electron chi connectivity index (χ2n) is 8.84. The van der Waals surface area contributed by atoms with Crippen LogP contribution < -0.4 is 5.32 Å². The van der Waals surface area contributed by atoms with E-state index in [4.69, 9.17) is 9.47 Å². The summed E-state index contributed by atoms with van der Waals surface area (Å²) in [5.74, 6) is 0. The Bertz CT molecular complexity index is 838. The van der Waals surface area contributed by atoms with Crippen molar-refractivity contribution in [1.82, 2.24) is 20.0 Å². The Morgan fingerprint density at radius 1 is 1.33 bits per heavy atom. The molecule has 2 unspecified atom stereocenters. The summed E-state index contributed by atoms with van der Waals surface area (Å²) in [5, 5.41) is 7.43. The minimum atomic E-state index is -0.377. The number of hydrogen-bond donors (Lipinski definition) is 1. The Labute approximate surface area is 178 Å². The summed E-state index contributed by atoms with van der Waals surface area (Å²) in [4.78, 5) is 14.6. The van der Waals surface area contributed by atoms with E-state index in [0.717, 1.165) is 44.5 Å². The van der Waals surface area contributed by atoms with Crippen LogP contribution in [0.4, 0.5) is 4.79 Å². The molecule has 4 rings (SSSR count). The molecule has 162 valence electrons. The molecular weight excluding hydrogens is 380 g/mol. The van der Waals surface area contributed by atoms with Crippen molar-refractivity contribution in [3.8, 4) is 0 Å². The minimum Gasteiger partial charge on any atom is -0.445 e. The van der Waals surface area contributed by atoms with Gasteiger partial charge in [-0.2, -0.15) is 5.10 Å². The topological polar surface area (TPSA) is 68.6 Å². The van der Waals surface area contributed by atoms with E-state index < -0.39 is 0 Å². The van der Waals surface area contributed by atoms with Gasteiger partial charge in [-0.1, -0.05) is 30.3 Å². The van der Waals surface area contributed by atoms with Crippen molar-refractivity contribution in [2.75, 3.05) is 19.7 Å². The molecule has 7 heteroatoms. The molecule has 30 heavy (non-hydrogen) atoms. The molecule has 1 aromatic carbocycles. The van der Waals surface area contributed by atoms with Gasteiger partial charge in [-0.3, -0.25) is 9.58 Å². The van der Waals surface area contributed by atoms with Gasteiger partial charge < -0.3 is 14.8 Å². The third kappa shape index (κ3) is 5.21. The zero-order chi connectivity index (χ0) is 21.0. The number of likely N-dealkylation sites (tertiary alicyclic amines) is 1. The lowest BCUT2D eigenvalue weighted by Crippen LogP contribution is -2.48. The Balaban J connectivity index is 1.26. The predicted molar refractivity (Wildman–Crippen MR) is 114 cm³/mol. The van der Waals surface area contributed by atoms with Gasteiger partial charge in [-0.25, -0.2) is 4.79 Å². The van der Waals surface area contributed by atoms with Crippen LogP contribution in [0.15, 0.2) is 42.7 Å². The molecule has 2 aliphatic heterocycles. The molecule has 2 saturated heterocycles. The summed E-state index contributed by atoms with van der Waals surface area (Å²) in [6.07, 6.45) is 6.68. The SMILES string of the molecule is CC(C)n1cc(CN2CCCC3(CC(NC(=O)OCc4ccccc4)CO3)C2)cn1. The van der Waals surface area contributed by atoms with Crippen LogP contribution in [0.2, 0.25) is 0 Å². The normalized spacial score (nSPS) is 24.4. The van der Waals surface area contributed by atoms with Gasteiger partial charge in [0.05, 0.1) is 24.4 Å². The van der Waals surface area contributed by atoms with Crippen LogP contribution in [0, 0.1) is 0 Å². The van der Waals surface area contributed by atoms with E-state index in [1.54, 1.807) is 0 Å². The highest BCUT2D eigenvalue weighted by molar-refractivity contribution is 5.67. The van der Waals surface area contributed by atoms with Crippen molar-refractivity contribution in [1.29, 1.82) is 0 Å². The number of piperidine rings is 1. The van der Waals surface area contributed by atoms with E-state index in [9.17, 15) is 4.79 Å². The number of nitrogens with zero attached hydrogens (tertiary/aromatic N) is 3. The quantitative estimate of drug-likeness (QED) is 0.786. The van der Waals surface area contributed by atoms with Gasteiger partial charge in [-0.15, -0.1) is 0 Å². The second kappa shape index (κ2) is 9.18. The van der Waals surface area contributed by atoms with E-state index in [1.807, 2.05) is 41.2 Å². The van der Waals surface area contributed by atoms with Crippen LogP contribution in [-0.2, 0) is 22.6 Å². The average Bonchev–Trinajstić information content (AvgIpc) is 3.35. The number of carbonyl (C=O) groups is 1. The summed E-state index contributed by atoms with van der Waals surface area (Å²) < 4.78 is 13.6. The van der Waals surface area contributed by atoms with Crippen molar-refractivity contribution in [3.63, 3.8) is 0 Å². The Hall–Kier alpha value is -2.38. The number of alkyl carbamates (subject to hydrolysis) is 1. The number of rotatable bonds is 6. The first kappa shape index (κ1) is 20.9. The maximum absolute atomic E-state index is 12.2. The van der Waals surface area contributed by atoms with Crippen LogP contribution in [0.1, 0.15) is 50.3 Å². The second-order valence-corrected chi connectivity index (χ2v) is 8.84. The van der Waals surface area contributed by atoms with Crippen molar-refractivity contribution in [2.24, 2.45) is 0 Å². The van der Waals surface area contributed by atoms with E-state index in [1.165, 1.54) is 5.56 Å². The van der Waals surface area contributed by atoms with Crippen LogP contribution >= 0.6 is 0 Å². The van der Waals surface area contributed by atoms with Crippen molar-refractivity contribution < 1.29 is 14.3 Å². The molecule has 0 aliphatic carbocycles. The highest BCUT2D eigenvalue weighted by atomic mass is 16.6. The Morgan fingerprint density at radius 2 is 2.17 bits per heavy atom. The Morgan fingerprint density at radius 3 is 2.93 bits per heavy atom. The third-order valence-electron chi connectivity index (χ3n) is 5.95. The van der Waals surface area contributed by atoms with E-state index in [2.05, 4.69) is 35.4 Å². The van der Waals surface area contributed by atoms with E-state index in [0.29, 0.717) is 12.6 Å². The van der Waals surface area contributed by atoms with Crippen LogP contribution in [-0.4, -0.2) is 52.1 Å². The number of amides is 1. The number of ether oxygens (including phenoxy) is 2. The van der Waals surface area contributed by atoms with Crippen molar-refractivity contribution in [3.05, 3.63) is 53.9 Å². The van der Waals surface area contributed by atoms with Crippen LogP contribution in [0.25, 0.3) is 0 Å². The molecule has 2 aromatic rings. The molecule has 2 atom stereocenters. The molecule has 1 amide bonds. The summed E-state index contributed by atoms with van der Waals surface area (Å²) in [6, 6.07) is 10.1. The first-order valence-corrected chi connectivity index (χ1v) is 10.9. The molecule has 1 aromatic heterocycles. The molecule has 3 heterocycles. The fourth-order valence-corrected chi connectivity index (χ4v) is 4.48. The van der Waals surface area contributed by atoms with Crippen LogP contribution in [0.3, 0.4) is 0 Å². The lowest BCUT2D eigenvalue weighted by Gasteiger charge is -2.39. The molecule has 0 saturated carbocycles. The lowest BCUT2D eigenvalue weighted by molar-refractivity contribution is -0.0534. The van der Waals surface area contributed by atoms with Crippen molar-refractivity contribution in [2.45, 2.75) is 63.9 Å². The number of aromatic nitrogens is 2. The summed E-state index contributed by atoms with van der Waals surface area (Å²) in [7, 11) is 0. The fraction of sp³-hybridized carbons (Fsp3) is 0.565. The standard InChI is InChI=1S/C23H32N4O3/c1-18(2)27-14-20(12-24-27)13-26-10-6-9-23(17-26)11-21(16-30-23)25-22(28)29-15-19-7-4-3-5-8-19/h3-5,7-8,12,14,18,21H,6,9-11,13,15-17H2,1-2H3,(H,25,28). The molecule has 2 aliphatic rings. The average molecular weight is 413 g/mol. The summed E-state index contributed by atoms with van der Waals surface area (Å²) >= 11 is 0. The fourth-order valence-electron chi connectivity index (χ4n) is 4.48. The third-order valence-corrected chi connectivity index (χ3v) is 5.95. The van der Waals surface area contributed by atoms with Gasteiger partial charge in [0, 0.05) is 37.3 Å². The minimum absolute atomic E-state index is 0.00286. The van der Waals surface area contributed by atoms with E-state index >= 15 is 0 Å². The summed E-state index contributed by atoms with van der Waals surface area (Å²) in [6.45, 7) is 7.93. The molecule has 1 N–H and O–H groups in total. The van der Waals surface area contributed by atoms with Gasteiger partial charge in [0.15, 0.2) is 0 Å². The van der Waals surface area contributed by atoms with E-state index in [-0.39, 0.29) is 24.3 Å². The highest BCUT2D eigenvalue weighted by Crippen LogP contribution is 2.35. The molecule has 2 fully saturated rings. The lowest BCUT2D eigenvalue weighted by atomic mass is 9.88. The molecule has 1 spiro atoms. The number of carbonyl (C=O) groups excluding carboxylic acids is 1. The zero-order valence-electron chi connectivity index (χ0n) is 17.9. The maximum Gasteiger partial charge on any atom is 0.407 e. The largest absolute Gasteiger partial charge is 0.445 e. The number of hydrogen-bond acceptors (Lipinski definition) is 5. The monoisotopic (exact) mass is 412 g/mol. The smallest absolute Gasteiger partial charge is 0.407 e. The maximum atomic E-state index is 12.2. The first-order chi connectivity index (χ1) is 14.5. The van der Waals surface area contributed by atoms with Crippen molar-refractivity contribution >= 4 is 6.09 Å². The number of nitrogens with one attached hydrogen (secondary N) is 1. The molecule has 0 bridgehead atoms.